The highest BCUT2D eigenvalue weighted by Crippen LogP contribution is 2.63. The van der Waals surface area contributed by atoms with Crippen LogP contribution in [0.4, 0.5) is 0 Å². The molecule has 3 aliphatic rings. The molecule has 214 valence electrons. The molecule has 1 saturated carbocycles. The second-order valence-electron chi connectivity index (χ2n) is 12.7. The first-order valence-electron chi connectivity index (χ1n) is 13.2. The number of rotatable bonds is 7. The number of carbonyl (C=O) groups excluding carboxylic acids is 3. The van der Waals surface area contributed by atoms with Gasteiger partial charge in [0, 0.05) is 37.2 Å². The van der Waals surface area contributed by atoms with Crippen molar-refractivity contribution in [1.29, 1.82) is 0 Å². The summed E-state index contributed by atoms with van der Waals surface area (Å²) in [7, 11) is 2.85. The third-order valence-electron chi connectivity index (χ3n) is 8.59. The SMILES string of the molecule is COCO[C@@H]1[C@H](COC(=O)C(C)(C)C)C[C@H](OC(C)=O)[C@@H]2[C@H]1C=C[C@@H]1C(C)(C)C(O)=C(C(=O)OC)C[C@@]21C. The van der Waals surface area contributed by atoms with E-state index >= 15 is 0 Å². The summed E-state index contributed by atoms with van der Waals surface area (Å²) in [4.78, 5) is 37.6. The van der Waals surface area contributed by atoms with Crippen molar-refractivity contribution in [2.75, 3.05) is 27.6 Å². The van der Waals surface area contributed by atoms with Crippen LogP contribution in [-0.2, 0) is 38.1 Å². The van der Waals surface area contributed by atoms with E-state index in [4.69, 9.17) is 23.7 Å². The van der Waals surface area contributed by atoms with Gasteiger partial charge in [-0.1, -0.05) is 32.9 Å². The topological polar surface area (TPSA) is 118 Å². The van der Waals surface area contributed by atoms with Crippen molar-refractivity contribution in [3.05, 3.63) is 23.5 Å². The summed E-state index contributed by atoms with van der Waals surface area (Å²) >= 11 is 0. The third-order valence-corrected chi connectivity index (χ3v) is 8.59. The summed E-state index contributed by atoms with van der Waals surface area (Å²) in [6.07, 6.45) is 3.91. The quantitative estimate of drug-likeness (QED) is 0.219. The van der Waals surface area contributed by atoms with Crippen LogP contribution in [0.25, 0.3) is 0 Å². The fraction of sp³-hybridized carbons (Fsp3) is 0.759. The first kappa shape index (κ1) is 30.2. The van der Waals surface area contributed by atoms with Crippen LogP contribution in [0.5, 0.6) is 0 Å². The molecule has 1 N–H and O–H groups in total. The smallest absolute Gasteiger partial charge is 0.337 e. The van der Waals surface area contributed by atoms with E-state index in [2.05, 4.69) is 19.1 Å². The van der Waals surface area contributed by atoms with Gasteiger partial charge in [-0.3, -0.25) is 9.59 Å². The van der Waals surface area contributed by atoms with E-state index in [0.717, 1.165) is 0 Å². The molecule has 0 bridgehead atoms. The third kappa shape index (κ3) is 5.50. The molecule has 3 aliphatic carbocycles. The van der Waals surface area contributed by atoms with E-state index in [0.29, 0.717) is 6.42 Å². The molecular formula is C29H44O9. The van der Waals surface area contributed by atoms with E-state index < -0.39 is 40.4 Å². The van der Waals surface area contributed by atoms with Crippen molar-refractivity contribution in [2.45, 2.75) is 73.5 Å². The fourth-order valence-corrected chi connectivity index (χ4v) is 6.98. The van der Waals surface area contributed by atoms with Gasteiger partial charge in [-0.25, -0.2) is 4.79 Å². The summed E-state index contributed by atoms with van der Waals surface area (Å²) in [5, 5.41) is 11.1. The molecule has 0 amide bonds. The number of aliphatic hydroxyl groups is 1. The minimum absolute atomic E-state index is 0.0222. The fourth-order valence-electron chi connectivity index (χ4n) is 6.98. The van der Waals surface area contributed by atoms with Gasteiger partial charge in [-0.05, 0) is 44.9 Å². The average molecular weight is 537 g/mol. The van der Waals surface area contributed by atoms with Gasteiger partial charge in [0.2, 0.25) is 0 Å². The van der Waals surface area contributed by atoms with Gasteiger partial charge in [0.15, 0.2) is 0 Å². The number of fused-ring (bicyclic) bond motifs is 3. The lowest BCUT2D eigenvalue weighted by molar-refractivity contribution is -0.203. The average Bonchev–Trinajstić information content (AvgIpc) is 2.82. The maximum absolute atomic E-state index is 12.8. The summed E-state index contributed by atoms with van der Waals surface area (Å²) in [5.74, 6) is -2.16. The van der Waals surface area contributed by atoms with Crippen LogP contribution in [0.15, 0.2) is 23.5 Å². The van der Waals surface area contributed by atoms with Gasteiger partial charge in [0.1, 0.15) is 18.7 Å². The van der Waals surface area contributed by atoms with Gasteiger partial charge in [0.05, 0.1) is 30.8 Å². The number of esters is 3. The highest BCUT2D eigenvalue weighted by molar-refractivity contribution is 5.89. The Hall–Kier alpha value is -2.39. The molecule has 0 spiro atoms. The molecule has 0 aromatic carbocycles. The highest BCUT2D eigenvalue weighted by Gasteiger charge is 2.62. The van der Waals surface area contributed by atoms with E-state index in [1.165, 1.54) is 14.0 Å². The normalized spacial score (nSPS) is 34.1. The number of hydrogen-bond donors (Lipinski definition) is 1. The zero-order chi connectivity index (χ0) is 28.6. The monoisotopic (exact) mass is 536 g/mol. The predicted octanol–water partition coefficient (Wildman–Crippen LogP) is 4.36. The van der Waals surface area contributed by atoms with Crippen molar-refractivity contribution in [2.24, 2.45) is 39.9 Å². The van der Waals surface area contributed by atoms with Crippen molar-refractivity contribution in [3.8, 4) is 0 Å². The van der Waals surface area contributed by atoms with Crippen LogP contribution >= 0.6 is 0 Å². The van der Waals surface area contributed by atoms with Crippen molar-refractivity contribution < 1.29 is 43.2 Å². The lowest BCUT2D eigenvalue weighted by Crippen LogP contribution is -2.61. The van der Waals surface area contributed by atoms with Crippen LogP contribution in [-0.4, -0.2) is 62.8 Å². The molecule has 0 unspecified atom stereocenters. The Balaban J connectivity index is 2.09. The van der Waals surface area contributed by atoms with Gasteiger partial charge in [-0.2, -0.15) is 0 Å². The predicted molar refractivity (Wildman–Crippen MR) is 139 cm³/mol. The molecule has 0 aliphatic heterocycles. The molecule has 9 heteroatoms. The highest BCUT2D eigenvalue weighted by atomic mass is 16.7. The lowest BCUT2D eigenvalue weighted by Gasteiger charge is -2.60. The molecule has 1 fully saturated rings. The molecular weight excluding hydrogens is 492 g/mol. The van der Waals surface area contributed by atoms with Crippen LogP contribution in [0, 0.1) is 39.9 Å². The van der Waals surface area contributed by atoms with Crippen LogP contribution in [0.2, 0.25) is 0 Å². The summed E-state index contributed by atoms with van der Waals surface area (Å²) in [6, 6.07) is 0. The Kier molecular flexibility index (Phi) is 8.73. The van der Waals surface area contributed by atoms with E-state index in [1.54, 1.807) is 27.9 Å². The Morgan fingerprint density at radius 3 is 2.32 bits per heavy atom. The second kappa shape index (κ2) is 11.0. The minimum Gasteiger partial charge on any atom is -0.511 e. The minimum atomic E-state index is -0.763. The molecule has 3 rings (SSSR count). The largest absolute Gasteiger partial charge is 0.511 e. The first-order chi connectivity index (χ1) is 17.6. The molecule has 0 saturated heterocycles. The number of ether oxygens (including phenoxy) is 5. The van der Waals surface area contributed by atoms with Gasteiger partial charge >= 0.3 is 17.9 Å². The number of aliphatic hydroxyl groups excluding tert-OH is 1. The Labute approximate surface area is 225 Å². The Morgan fingerprint density at radius 2 is 1.76 bits per heavy atom. The number of methoxy groups -OCH3 is 2. The molecule has 0 aromatic heterocycles. The molecule has 0 radical (unpaired) electrons. The van der Waals surface area contributed by atoms with Crippen LogP contribution in [0.3, 0.4) is 0 Å². The summed E-state index contributed by atoms with van der Waals surface area (Å²) in [6.45, 7) is 12.8. The zero-order valence-corrected chi connectivity index (χ0v) is 24.2. The Morgan fingerprint density at radius 1 is 1.11 bits per heavy atom. The van der Waals surface area contributed by atoms with Crippen LogP contribution < -0.4 is 0 Å². The Bertz CT molecular complexity index is 988. The lowest BCUT2D eigenvalue weighted by atomic mass is 9.45. The van der Waals surface area contributed by atoms with E-state index in [9.17, 15) is 19.5 Å². The van der Waals surface area contributed by atoms with Crippen molar-refractivity contribution >= 4 is 17.9 Å². The molecule has 0 heterocycles. The standard InChI is InChI=1S/C29H44O9/c1-16(30)38-20-12-17(14-36-26(33)27(2,3)4)23(37-15-34-8)18-10-11-21-28(5,6)24(31)19(25(32)35-9)13-29(21,7)22(18)20/h10-11,17-18,20-23,31H,12-15H2,1-9H3/t17-,18+,20-,21+,22-,23+,29+/m0/s1. The van der Waals surface area contributed by atoms with Crippen molar-refractivity contribution in [3.63, 3.8) is 0 Å². The number of hydrogen-bond acceptors (Lipinski definition) is 9. The second-order valence-corrected chi connectivity index (χ2v) is 12.7. The summed E-state index contributed by atoms with van der Waals surface area (Å²) in [5.41, 5.74) is -1.77. The van der Waals surface area contributed by atoms with Crippen LogP contribution in [0.1, 0.15) is 61.3 Å². The number of carbonyl (C=O) groups is 3. The van der Waals surface area contributed by atoms with Crippen molar-refractivity contribution in [1.82, 2.24) is 0 Å². The van der Waals surface area contributed by atoms with E-state index in [1.807, 2.05) is 13.8 Å². The maximum Gasteiger partial charge on any atom is 0.337 e. The maximum atomic E-state index is 12.8. The first-order valence-corrected chi connectivity index (χ1v) is 13.2. The number of allylic oxidation sites excluding steroid dienone is 2. The summed E-state index contributed by atoms with van der Waals surface area (Å²) < 4.78 is 28.2. The molecule has 38 heavy (non-hydrogen) atoms. The molecule has 9 nitrogen and oxygen atoms in total. The van der Waals surface area contributed by atoms with Gasteiger partial charge in [0.25, 0.3) is 0 Å². The molecule has 7 atom stereocenters. The van der Waals surface area contributed by atoms with Gasteiger partial charge in [-0.15, -0.1) is 0 Å². The molecule has 0 aromatic rings. The van der Waals surface area contributed by atoms with Gasteiger partial charge < -0.3 is 28.8 Å². The zero-order valence-electron chi connectivity index (χ0n) is 24.2. The van der Waals surface area contributed by atoms with E-state index in [-0.39, 0.29) is 60.8 Å².